The highest BCUT2D eigenvalue weighted by Gasteiger charge is 2.37. The molecule has 5 rings (SSSR count). The molecule has 4 aliphatic rings. The zero-order valence-corrected chi connectivity index (χ0v) is 17.7. The van der Waals surface area contributed by atoms with E-state index in [2.05, 4.69) is 33.0 Å². The van der Waals surface area contributed by atoms with Crippen molar-refractivity contribution in [3.63, 3.8) is 0 Å². The molecule has 2 saturated heterocycles. The number of carbonyl (C=O) groups is 1. The third kappa shape index (κ3) is 3.44. The van der Waals surface area contributed by atoms with Gasteiger partial charge in [-0.1, -0.05) is 6.07 Å². The highest BCUT2D eigenvalue weighted by atomic mass is 32.2. The number of amides is 2. The molecule has 1 aromatic rings. The lowest BCUT2D eigenvalue weighted by molar-refractivity contribution is 0.0743. The van der Waals surface area contributed by atoms with Gasteiger partial charge in [-0.05, 0) is 99.2 Å². The monoisotopic (exact) mass is 400 g/mol. The standard InChI is InChI=1S/C22H32N4OS/c1-25-11-12-26-10-4-9-19(26)20(25)14-28-24-22(27)23-21-17-7-2-5-15(17)13-16-6-3-8-18(16)21/h13,19-20H,2-12,14H2,1H3,(H2,23,24,27). The minimum Gasteiger partial charge on any atom is -0.307 e. The maximum absolute atomic E-state index is 12.7. The molecule has 1 aromatic carbocycles. The van der Waals surface area contributed by atoms with E-state index >= 15 is 0 Å². The topological polar surface area (TPSA) is 47.6 Å². The maximum Gasteiger partial charge on any atom is 0.329 e. The molecule has 2 fully saturated rings. The first kappa shape index (κ1) is 18.8. The van der Waals surface area contributed by atoms with Gasteiger partial charge < -0.3 is 5.32 Å². The Bertz CT molecular complexity index is 735. The summed E-state index contributed by atoms with van der Waals surface area (Å²) < 4.78 is 3.08. The van der Waals surface area contributed by atoms with Crippen LogP contribution in [0, 0.1) is 0 Å². The number of anilines is 1. The first-order valence-corrected chi connectivity index (χ1v) is 12.0. The molecule has 2 N–H and O–H groups in total. The molecule has 0 aromatic heterocycles. The summed E-state index contributed by atoms with van der Waals surface area (Å²) in [6.45, 7) is 3.58. The summed E-state index contributed by atoms with van der Waals surface area (Å²) in [5, 5.41) is 3.24. The van der Waals surface area contributed by atoms with Gasteiger partial charge >= 0.3 is 6.03 Å². The summed E-state index contributed by atoms with van der Waals surface area (Å²) in [5.41, 5.74) is 6.86. The molecule has 0 radical (unpaired) electrons. The lowest BCUT2D eigenvalue weighted by Crippen LogP contribution is -2.57. The number of likely N-dealkylation sites (N-methyl/N-ethyl adjacent to an activating group) is 1. The molecule has 0 saturated carbocycles. The number of carbonyl (C=O) groups excluding carboxylic acids is 1. The molecular weight excluding hydrogens is 368 g/mol. The Morgan fingerprint density at radius 1 is 1.07 bits per heavy atom. The van der Waals surface area contributed by atoms with Crippen LogP contribution in [0.15, 0.2) is 6.07 Å². The fraction of sp³-hybridized carbons (Fsp3) is 0.682. The normalized spacial score (nSPS) is 26.8. The van der Waals surface area contributed by atoms with E-state index in [9.17, 15) is 4.79 Å². The van der Waals surface area contributed by atoms with Gasteiger partial charge in [0.15, 0.2) is 0 Å². The van der Waals surface area contributed by atoms with E-state index in [1.165, 1.54) is 73.9 Å². The SMILES string of the molecule is CN1CCN2CCCC2C1CSNC(=O)Nc1c2c(cc3c1CCC3)CCC2. The van der Waals surface area contributed by atoms with Gasteiger partial charge in [0.2, 0.25) is 0 Å². The molecule has 2 unspecified atom stereocenters. The molecule has 2 aliphatic heterocycles. The van der Waals surface area contributed by atoms with Gasteiger partial charge in [-0.3, -0.25) is 14.5 Å². The van der Waals surface area contributed by atoms with E-state index < -0.39 is 0 Å². The van der Waals surface area contributed by atoms with Crippen LogP contribution in [-0.4, -0.2) is 60.3 Å². The third-order valence-corrected chi connectivity index (χ3v) is 8.13. The molecule has 2 amide bonds. The second-order valence-electron chi connectivity index (χ2n) is 8.89. The molecule has 28 heavy (non-hydrogen) atoms. The van der Waals surface area contributed by atoms with Gasteiger partial charge in [-0.25, -0.2) is 4.79 Å². The van der Waals surface area contributed by atoms with E-state index in [0.717, 1.165) is 30.8 Å². The summed E-state index contributed by atoms with van der Waals surface area (Å²) in [6.07, 6.45) is 9.59. The minimum absolute atomic E-state index is 0.0545. The number of nitrogens with zero attached hydrogens (tertiary/aromatic N) is 2. The zero-order valence-electron chi connectivity index (χ0n) is 16.9. The summed E-state index contributed by atoms with van der Waals surface area (Å²) in [5.74, 6) is 0.954. The van der Waals surface area contributed by atoms with Gasteiger partial charge in [0.25, 0.3) is 0 Å². The fourth-order valence-electron chi connectivity index (χ4n) is 5.85. The van der Waals surface area contributed by atoms with Crippen LogP contribution in [0.25, 0.3) is 0 Å². The van der Waals surface area contributed by atoms with Crippen molar-refractivity contribution in [1.82, 2.24) is 14.5 Å². The summed E-state index contributed by atoms with van der Waals surface area (Å²) in [7, 11) is 2.23. The van der Waals surface area contributed by atoms with Gasteiger partial charge in [0, 0.05) is 36.6 Å². The molecule has 0 spiro atoms. The molecule has 152 valence electrons. The largest absolute Gasteiger partial charge is 0.329 e. The Hall–Kier alpha value is -1.24. The van der Waals surface area contributed by atoms with Gasteiger partial charge in [0.1, 0.15) is 0 Å². The number of nitrogens with one attached hydrogen (secondary N) is 2. The van der Waals surface area contributed by atoms with Crippen molar-refractivity contribution in [2.45, 2.75) is 63.5 Å². The van der Waals surface area contributed by atoms with Crippen molar-refractivity contribution in [3.8, 4) is 0 Å². The Balaban J connectivity index is 1.21. The first-order chi connectivity index (χ1) is 13.7. The van der Waals surface area contributed by atoms with Crippen LogP contribution < -0.4 is 10.0 Å². The van der Waals surface area contributed by atoms with Crippen LogP contribution in [0.5, 0.6) is 0 Å². The highest BCUT2D eigenvalue weighted by Crippen LogP contribution is 2.38. The molecule has 5 nitrogen and oxygen atoms in total. The predicted molar refractivity (Wildman–Crippen MR) is 116 cm³/mol. The molecule has 6 heteroatoms. The summed E-state index contributed by atoms with van der Waals surface area (Å²) in [6, 6.07) is 3.55. The number of piperazine rings is 1. The fourth-order valence-corrected chi connectivity index (χ4v) is 6.76. The third-order valence-electron chi connectivity index (χ3n) is 7.29. The van der Waals surface area contributed by atoms with Gasteiger partial charge in [-0.15, -0.1) is 0 Å². The zero-order chi connectivity index (χ0) is 19.1. The van der Waals surface area contributed by atoms with Crippen LogP contribution in [0.1, 0.15) is 47.9 Å². The molecule has 0 bridgehead atoms. The number of urea groups is 1. The average molecular weight is 401 g/mol. The Morgan fingerprint density at radius 3 is 2.57 bits per heavy atom. The van der Waals surface area contributed by atoms with Crippen molar-refractivity contribution in [1.29, 1.82) is 0 Å². The number of aryl methyl sites for hydroxylation is 2. The first-order valence-electron chi connectivity index (χ1n) is 11.0. The minimum atomic E-state index is -0.0545. The molecule has 2 heterocycles. The van der Waals surface area contributed by atoms with E-state index in [4.69, 9.17) is 0 Å². The van der Waals surface area contributed by atoms with Crippen LogP contribution >= 0.6 is 11.9 Å². The van der Waals surface area contributed by atoms with E-state index in [0.29, 0.717) is 12.1 Å². The molecule has 2 atom stereocenters. The lowest BCUT2D eigenvalue weighted by atomic mass is 9.99. The van der Waals surface area contributed by atoms with Crippen molar-refractivity contribution in [2.75, 3.05) is 37.8 Å². The van der Waals surface area contributed by atoms with Crippen molar-refractivity contribution in [2.24, 2.45) is 0 Å². The predicted octanol–water partition coefficient (Wildman–Crippen LogP) is 3.21. The van der Waals surface area contributed by atoms with Crippen molar-refractivity contribution in [3.05, 3.63) is 28.3 Å². The van der Waals surface area contributed by atoms with Crippen LogP contribution in [0.3, 0.4) is 0 Å². The number of rotatable bonds is 4. The van der Waals surface area contributed by atoms with Crippen LogP contribution in [0.2, 0.25) is 0 Å². The average Bonchev–Trinajstić information content (AvgIpc) is 3.42. The summed E-state index contributed by atoms with van der Waals surface area (Å²) in [4.78, 5) is 17.8. The Morgan fingerprint density at radius 2 is 1.82 bits per heavy atom. The second-order valence-corrected chi connectivity index (χ2v) is 9.72. The van der Waals surface area contributed by atoms with Gasteiger partial charge in [-0.2, -0.15) is 0 Å². The highest BCUT2D eigenvalue weighted by molar-refractivity contribution is 7.98. The molecular formula is C22H32N4OS. The van der Waals surface area contributed by atoms with Crippen molar-refractivity contribution < 1.29 is 4.79 Å². The van der Waals surface area contributed by atoms with E-state index in [-0.39, 0.29) is 6.03 Å². The number of hydrogen-bond acceptors (Lipinski definition) is 4. The molecule has 2 aliphatic carbocycles. The lowest BCUT2D eigenvalue weighted by Gasteiger charge is -2.42. The van der Waals surface area contributed by atoms with Crippen LogP contribution in [-0.2, 0) is 25.7 Å². The van der Waals surface area contributed by atoms with E-state index in [1.54, 1.807) is 11.9 Å². The van der Waals surface area contributed by atoms with Crippen molar-refractivity contribution >= 4 is 23.7 Å². The number of fused-ring (bicyclic) bond motifs is 3. The van der Waals surface area contributed by atoms with Crippen LogP contribution in [0.4, 0.5) is 10.5 Å². The number of hydrogen-bond donors (Lipinski definition) is 2. The quantitative estimate of drug-likeness (QED) is 0.762. The Labute approximate surface area is 172 Å². The second kappa shape index (κ2) is 7.88. The maximum atomic E-state index is 12.7. The van der Waals surface area contributed by atoms with Gasteiger partial charge in [0.05, 0.1) is 0 Å². The summed E-state index contributed by atoms with van der Waals surface area (Å²) >= 11 is 1.58. The smallest absolute Gasteiger partial charge is 0.307 e. The number of benzene rings is 1. The Kier molecular flexibility index (Phi) is 5.28. The van der Waals surface area contributed by atoms with E-state index in [1.807, 2.05) is 0 Å².